The van der Waals surface area contributed by atoms with E-state index >= 15 is 0 Å². The van der Waals surface area contributed by atoms with Gasteiger partial charge >= 0.3 is 6.03 Å². The van der Waals surface area contributed by atoms with Gasteiger partial charge in [0.1, 0.15) is 0 Å². The lowest BCUT2D eigenvalue weighted by molar-refractivity contribution is -0.121. The first-order chi connectivity index (χ1) is 12.5. The highest BCUT2D eigenvalue weighted by atomic mass is 16.2. The number of hydrogen-bond acceptors (Lipinski definition) is 2. The van der Waals surface area contributed by atoms with Crippen molar-refractivity contribution in [3.8, 4) is 0 Å². The molecule has 0 bridgehead atoms. The van der Waals surface area contributed by atoms with Crippen molar-refractivity contribution in [3.63, 3.8) is 0 Å². The van der Waals surface area contributed by atoms with Gasteiger partial charge < -0.3 is 15.5 Å². The van der Waals surface area contributed by atoms with E-state index in [1.54, 1.807) is 4.90 Å². The highest BCUT2D eigenvalue weighted by Gasteiger charge is 2.27. The molecular formula is C21H25N3O2. The summed E-state index contributed by atoms with van der Waals surface area (Å²) in [5.41, 5.74) is 3.86. The van der Waals surface area contributed by atoms with E-state index in [2.05, 4.69) is 10.6 Å². The van der Waals surface area contributed by atoms with E-state index < -0.39 is 0 Å². The highest BCUT2D eigenvalue weighted by molar-refractivity contribution is 5.94. The van der Waals surface area contributed by atoms with Crippen LogP contribution in [-0.2, 0) is 4.79 Å². The van der Waals surface area contributed by atoms with Crippen LogP contribution in [0.1, 0.15) is 24.0 Å². The molecule has 0 spiro atoms. The molecule has 0 aromatic heterocycles. The Morgan fingerprint density at radius 2 is 1.58 bits per heavy atom. The standard InChI is InChI=1S/C21H25N3O2/c1-15-7-9-18(10-8-15)22-21(26)24-13-11-17(12-14-24)20(25)23-19-6-4-3-5-16(19)2/h3-10,17H,11-14H2,1-2H3,(H,22,26)(H,23,25). The normalized spacial score (nSPS) is 14.8. The lowest BCUT2D eigenvalue weighted by Gasteiger charge is -2.31. The lowest BCUT2D eigenvalue weighted by atomic mass is 9.96. The minimum Gasteiger partial charge on any atom is -0.326 e. The molecule has 2 aromatic carbocycles. The van der Waals surface area contributed by atoms with Crippen LogP contribution in [0, 0.1) is 19.8 Å². The molecule has 3 amide bonds. The molecule has 3 rings (SSSR count). The van der Waals surface area contributed by atoms with Gasteiger partial charge in [0.15, 0.2) is 0 Å². The van der Waals surface area contributed by atoms with Gasteiger partial charge in [0, 0.05) is 30.4 Å². The third-order valence-corrected chi connectivity index (χ3v) is 4.86. The maximum absolute atomic E-state index is 12.5. The number of benzene rings is 2. The number of piperidine rings is 1. The number of anilines is 2. The van der Waals surface area contributed by atoms with Crippen LogP contribution in [0.15, 0.2) is 48.5 Å². The summed E-state index contributed by atoms with van der Waals surface area (Å²) in [5, 5.41) is 5.93. The van der Waals surface area contributed by atoms with E-state index in [0.29, 0.717) is 25.9 Å². The van der Waals surface area contributed by atoms with Crippen LogP contribution in [0.3, 0.4) is 0 Å². The second kappa shape index (κ2) is 8.04. The zero-order chi connectivity index (χ0) is 18.5. The quantitative estimate of drug-likeness (QED) is 0.871. The zero-order valence-corrected chi connectivity index (χ0v) is 15.3. The third-order valence-electron chi connectivity index (χ3n) is 4.86. The molecule has 0 saturated carbocycles. The number of carbonyl (C=O) groups is 2. The molecule has 136 valence electrons. The van der Waals surface area contributed by atoms with Gasteiger partial charge in [0.2, 0.25) is 5.91 Å². The van der Waals surface area contributed by atoms with Crippen molar-refractivity contribution in [1.82, 2.24) is 4.90 Å². The van der Waals surface area contributed by atoms with E-state index in [9.17, 15) is 9.59 Å². The van der Waals surface area contributed by atoms with E-state index in [0.717, 1.165) is 22.5 Å². The number of aryl methyl sites for hydroxylation is 2. The van der Waals surface area contributed by atoms with Crippen molar-refractivity contribution in [2.75, 3.05) is 23.7 Å². The lowest BCUT2D eigenvalue weighted by Crippen LogP contribution is -2.43. The Balaban J connectivity index is 1.50. The third kappa shape index (κ3) is 4.42. The molecule has 1 aliphatic rings. The molecule has 1 fully saturated rings. The minimum atomic E-state index is -0.105. The molecule has 0 unspecified atom stereocenters. The van der Waals surface area contributed by atoms with E-state index in [-0.39, 0.29) is 17.9 Å². The van der Waals surface area contributed by atoms with Crippen LogP contribution >= 0.6 is 0 Å². The number of urea groups is 1. The van der Waals surface area contributed by atoms with Gasteiger partial charge in [-0.05, 0) is 50.5 Å². The summed E-state index contributed by atoms with van der Waals surface area (Å²) in [5.74, 6) is -0.0177. The Kier molecular flexibility index (Phi) is 5.56. The van der Waals surface area contributed by atoms with Crippen molar-refractivity contribution >= 4 is 23.3 Å². The summed E-state index contributed by atoms with van der Waals surface area (Å²) in [6, 6.07) is 15.4. The Morgan fingerprint density at radius 1 is 0.923 bits per heavy atom. The van der Waals surface area contributed by atoms with Crippen LogP contribution < -0.4 is 10.6 Å². The maximum Gasteiger partial charge on any atom is 0.321 e. The summed E-state index contributed by atoms with van der Waals surface area (Å²) < 4.78 is 0. The van der Waals surface area contributed by atoms with Gasteiger partial charge in [0.05, 0.1) is 0 Å². The summed E-state index contributed by atoms with van der Waals surface area (Å²) >= 11 is 0. The summed E-state index contributed by atoms with van der Waals surface area (Å²) in [7, 11) is 0. The molecule has 1 saturated heterocycles. The molecule has 2 aromatic rings. The predicted molar refractivity (Wildman–Crippen MR) is 104 cm³/mol. The number of amides is 3. The summed E-state index contributed by atoms with van der Waals surface area (Å²) in [4.78, 5) is 26.6. The number of para-hydroxylation sites is 1. The SMILES string of the molecule is Cc1ccc(NC(=O)N2CCC(C(=O)Nc3ccccc3C)CC2)cc1. The number of carbonyl (C=O) groups excluding carboxylic acids is 2. The molecular weight excluding hydrogens is 326 g/mol. The summed E-state index contributed by atoms with van der Waals surface area (Å²) in [6.45, 7) is 5.17. The molecule has 26 heavy (non-hydrogen) atoms. The number of nitrogens with zero attached hydrogens (tertiary/aromatic N) is 1. The largest absolute Gasteiger partial charge is 0.326 e. The second-order valence-electron chi connectivity index (χ2n) is 6.86. The molecule has 0 atom stereocenters. The van der Waals surface area contributed by atoms with Crippen molar-refractivity contribution in [3.05, 3.63) is 59.7 Å². The fourth-order valence-electron chi connectivity index (χ4n) is 3.13. The fraction of sp³-hybridized carbons (Fsp3) is 0.333. The molecule has 5 heteroatoms. The van der Waals surface area contributed by atoms with Crippen LogP contribution in [0.4, 0.5) is 16.2 Å². The Bertz CT molecular complexity index is 778. The van der Waals surface area contributed by atoms with Crippen molar-refractivity contribution in [1.29, 1.82) is 0 Å². The minimum absolute atomic E-state index is 0.0397. The van der Waals surface area contributed by atoms with Gasteiger partial charge in [-0.15, -0.1) is 0 Å². The number of rotatable bonds is 3. The van der Waals surface area contributed by atoms with Gasteiger partial charge in [-0.2, -0.15) is 0 Å². The predicted octanol–water partition coefficient (Wildman–Crippen LogP) is 4.19. The van der Waals surface area contributed by atoms with E-state index in [4.69, 9.17) is 0 Å². The van der Waals surface area contributed by atoms with Crippen LogP contribution in [0.2, 0.25) is 0 Å². The van der Waals surface area contributed by atoms with Crippen LogP contribution in [-0.4, -0.2) is 29.9 Å². The highest BCUT2D eigenvalue weighted by Crippen LogP contribution is 2.21. The van der Waals surface area contributed by atoms with Crippen LogP contribution in [0.25, 0.3) is 0 Å². The zero-order valence-electron chi connectivity index (χ0n) is 15.3. The number of likely N-dealkylation sites (tertiary alicyclic amines) is 1. The molecule has 2 N–H and O–H groups in total. The average Bonchev–Trinajstić information content (AvgIpc) is 2.65. The van der Waals surface area contributed by atoms with Crippen LogP contribution in [0.5, 0.6) is 0 Å². The van der Waals surface area contributed by atoms with Crippen molar-refractivity contribution in [2.45, 2.75) is 26.7 Å². The second-order valence-corrected chi connectivity index (χ2v) is 6.86. The topological polar surface area (TPSA) is 61.4 Å². The first kappa shape index (κ1) is 18.0. The van der Waals surface area contributed by atoms with Gasteiger partial charge in [-0.25, -0.2) is 4.79 Å². The smallest absolute Gasteiger partial charge is 0.321 e. The first-order valence-electron chi connectivity index (χ1n) is 9.02. The maximum atomic E-state index is 12.5. The fourth-order valence-corrected chi connectivity index (χ4v) is 3.13. The summed E-state index contributed by atoms with van der Waals surface area (Å²) in [6.07, 6.45) is 1.36. The Labute approximate surface area is 154 Å². The Morgan fingerprint density at radius 3 is 2.23 bits per heavy atom. The molecule has 0 aliphatic carbocycles. The van der Waals surface area contributed by atoms with Crippen molar-refractivity contribution < 1.29 is 9.59 Å². The van der Waals surface area contributed by atoms with Gasteiger partial charge in [-0.1, -0.05) is 35.9 Å². The molecule has 0 radical (unpaired) electrons. The molecule has 5 nitrogen and oxygen atoms in total. The first-order valence-corrected chi connectivity index (χ1v) is 9.02. The monoisotopic (exact) mass is 351 g/mol. The van der Waals surface area contributed by atoms with Crippen molar-refractivity contribution in [2.24, 2.45) is 5.92 Å². The van der Waals surface area contributed by atoms with Gasteiger partial charge in [-0.3, -0.25) is 4.79 Å². The Hall–Kier alpha value is -2.82. The molecule has 1 aliphatic heterocycles. The van der Waals surface area contributed by atoms with E-state index in [1.165, 1.54) is 0 Å². The average molecular weight is 351 g/mol. The van der Waals surface area contributed by atoms with E-state index in [1.807, 2.05) is 62.4 Å². The van der Waals surface area contributed by atoms with Gasteiger partial charge in [0.25, 0.3) is 0 Å². The molecule has 1 heterocycles. The number of nitrogens with one attached hydrogen (secondary N) is 2. The number of hydrogen-bond donors (Lipinski definition) is 2.